The van der Waals surface area contributed by atoms with Crippen LogP contribution in [0, 0.1) is 6.92 Å². The fourth-order valence-corrected chi connectivity index (χ4v) is 7.10. The Balaban J connectivity index is 2.32. The Labute approximate surface area is 165 Å². The van der Waals surface area contributed by atoms with Gasteiger partial charge in [0.05, 0.1) is 0 Å². The Morgan fingerprint density at radius 2 is 1.59 bits per heavy atom. The first kappa shape index (κ1) is 19.9. The highest BCUT2D eigenvalue weighted by molar-refractivity contribution is 7.75. The van der Waals surface area contributed by atoms with Gasteiger partial charge in [0.15, 0.2) is 0 Å². The summed E-state index contributed by atoms with van der Waals surface area (Å²) in [5.41, 5.74) is 4.88. The maximum absolute atomic E-state index is 11.4. The van der Waals surface area contributed by atoms with Crippen molar-refractivity contribution >= 4 is 18.5 Å². The summed E-state index contributed by atoms with van der Waals surface area (Å²) < 4.78 is 0. The Morgan fingerprint density at radius 1 is 0.963 bits per heavy atom. The molecule has 0 fully saturated rings. The van der Waals surface area contributed by atoms with Gasteiger partial charge in [-0.15, -0.1) is 0 Å². The lowest BCUT2D eigenvalue weighted by Crippen LogP contribution is -2.31. The molecule has 0 aliphatic heterocycles. The van der Waals surface area contributed by atoms with Crippen LogP contribution in [0.4, 0.5) is 0 Å². The molecule has 27 heavy (non-hydrogen) atoms. The number of hydrogen-bond donors (Lipinski definition) is 1. The summed E-state index contributed by atoms with van der Waals surface area (Å²) in [6.45, 7) is 15.4. The average molecular weight is 378 g/mol. The third-order valence-corrected chi connectivity index (χ3v) is 8.82. The monoisotopic (exact) mass is 378 g/mol. The van der Waals surface area contributed by atoms with Gasteiger partial charge in [-0.3, -0.25) is 0 Å². The highest BCUT2D eigenvalue weighted by Gasteiger charge is 2.40. The molecule has 1 nitrogen and oxygen atoms in total. The summed E-state index contributed by atoms with van der Waals surface area (Å²) in [4.78, 5) is 0. The number of rotatable bonds is 3. The fourth-order valence-electron chi connectivity index (χ4n) is 3.92. The van der Waals surface area contributed by atoms with Crippen LogP contribution in [0.1, 0.15) is 52.7 Å². The van der Waals surface area contributed by atoms with Crippen LogP contribution in [0.5, 0.6) is 5.75 Å². The van der Waals surface area contributed by atoms with Crippen molar-refractivity contribution in [1.29, 1.82) is 0 Å². The lowest BCUT2D eigenvalue weighted by Gasteiger charge is -2.37. The second-order valence-corrected chi connectivity index (χ2v) is 11.5. The molecule has 0 saturated heterocycles. The van der Waals surface area contributed by atoms with Gasteiger partial charge in [0.1, 0.15) is 5.75 Å². The van der Waals surface area contributed by atoms with Crippen molar-refractivity contribution in [2.24, 2.45) is 0 Å². The van der Waals surface area contributed by atoms with Crippen molar-refractivity contribution < 1.29 is 5.11 Å². The van der Waals surface area contributed by atoms with Crippen molar-refractivity contribution in [2.75, 3.05) is 0 Å². The van der Waals surface area contributed by atoms with Gasteiger partial charge in [-0.05, 0) is 58.0 Å². The van der Waals surface area contributed by atoms with Crippen molar-refractivity contribution in [3.8, 4) is 5.75 Å². The SMILES string of the molecule is CC1=C(C)C(C)(P(c2ccccc2)c2cc(C)cc(C(C)(C)C)c2O)C=C1. The molecule has 1 N–H and O–H groups in total. The molecule has 2 unspecified atom stereocenters. The zero-order valence-electron chi connectivity index (χ0n) is 17.6. The molecule has 0 spiro atoms. The third-order valence-electron chi connectivity index (χ3n) is 5.77. The quantitative estimate of drug-likeness (QED) is 0.640. The van der Waals surface area contributed by atoms with Crippen LogP contribution >= 0.6 is 7.92 Å². The Kier molecular flexibility index (Phi) is 5.12. The van der Waals surface area contributed by atoms with Gasteiger partial charge in [-0.2, -0.15) is 0 Å². The molecule has 1 aliphatic carbocycles. The molecule has 0 bridgehead atoms. The first-order valence-corrected chi connectivity index (χ1v) is 11.0. The lowest BCUT2D eigenvalue weighted by molar-refractivity contribution is 0.450. The molecular formula is C25H31OP. The van der Waals surface area contributed by atoms with Crippen molar-refractivity contribution in [3.63, 3.8) is 0 Å². The first-order valence-electron chi connectivity index (χ1n) is 9.62. The van der Waals surface area contributed by atoms with Crippen LogP contribution in [-0.2, 0) is 5.41 Å². The van der Waals surface area contributed by atoms with Gasteiger partial charge in [0.2, 0.25) is 0 Å². The highest BCUT2D eigenvalue weighted by atomic mass is 31.1. The standard InChI is InChI=1S/C25H31OP/c1-17-15-21(24(4,5)6)23(26)22(16-17)27(20-11-9-8-10-12-20)25(7)14-13-18(2)19(25)3/h8-16,26H,1-7H3. The summed E-state index contributed by atoms with van der Waals surface area (Å²) in [7, 11) is -0.795. The van der Waals surface area contributed by atoms with Gasteiger partial charge in [-0.1, -0.05) is 80.5 Å². The van der Waals surface area contributed by atoms with Crippen molar-refractivity contribution in [2.45, 2.75) is 59.0 Å². The summed E-state index contributed by atoms with van der Waals surface area (Å²) in [6.07, 6.45) is 4.58. The first-order chi connectivity index (χ1) is 12.6. The number of aryl methyl sites for hydroxylation is 1. The number of hydrogen-bond acceptors (Lipinski definition) is 1. The summed E-state index contributed by atoms with van der Waals surface area (Å²) in [5, 5.41) is 13.7. The zero-order valence-corrected chi connectivity index (χ0v) is 18.5. The number of benzene rings is 2. The van der Waals surface area contributed by atoms with Crippen molar-refractivity contribution in [3.05, 3.63) is 76.9 Å². The van der Waals surface area contributed by atoms with E-state index in [0.717, 1.165) is 10.9 Å². The zero-order chi connectivity index (χ0) is 20.0. The smallest absolute Gasteiger partial charge is 0.127 e. The van der Waals surface area contributed by atoms with E-state index < -0.39 is 7.92 Å². The van der Waals surface area contributed by atoms with Crippen LogP contribution in [0.2, 0.25) is 0 Å². The normalized spacial score (nSPS) is 21.0. The van der Waals surface area contributed by atoms with Gasteiger partial charge < -0.3 is 5.11 Å². The van der Waals surface area contributed by atoms with Crippen LogP contribution in [0.15, 0.2) is 65.8 Å². The molecule has 2 heteroatoms. The molecule has 1 aliphatic rings. The second kappa shape index (κ2) is 6.95. The van der Waals surface area contributed by atoms with E-state index in [1.165, 1.54) is 22.0 Å². The average Bonchev–Trinajstić information content (AvgIpc) is 2.86. The topological polar surface area (TPSA) is 20.2 Å². The third kappa shape index (κ3) is 3.50. The molecule has 2 aromatic carbocycles. The van der Waals surface area contributed by atoms with Crippen LogP contribution < -0.4 is 10.6 Å². The van der Waals surface area contributed by atoms with E-state index in [0.29, 0.717) is 5.75 Å². The predicted molar refractivity (Wildman–Crippen MR) is 120 cm³/mol. The molecular weight excluding hydrogens is 347 g/mol. The molecule has 2 aromatic rings. The molecule has 3 rings (SSSR count). The highest BCUT2D eigenvalue weighted by Crippen LogP contribution is 2.57. The second-order valence-electron chi connectivity index (χ2n) is 8.89. The van der Waals surface area contributed by atoms with Crippen LogP contribution in [0.25, 0.3) is 0 Å². The minimum absolute atomic E-state index is 0.0960. The van der Waals surface area contributed by atoms with Crippen LogP contribution in [0.3, 0.4) is 0 Å². The maximum Gasteiger partial charge on any atom is 0.127 e. The predicted octanol–water partition coefficient (Wildman–Crippen LogP) is 6.10. The van der Waals surface area contributed by atoms with E-state index >= 15 is 0 Å². The lowest BCUT2D eigenvalue weighted by atomic mass is 9.85. The molecule has 0 aromatic heterocycles. The molecule has 0 radical (unpaired) electrons. The van der Waals surface area contributed by atoms with Gasteiger partial charge in [0.25, 0.3) is 0 Å². The largest absolute Gasteiger partial charge is 0.507 e. The number of phenolic OH excluding ortho intramolecular Hbond substituents is 1. The van der Waals surface area contributed by atoms with E-state index in [2.05, 4.69) is 103 Å². The van der Waals surface area contributed by atoms with E-state index in [-0.39, 0.29) is 10.6 Å². The molecule has 2 atom stereocenters. The molecule has 142 valence electrons. The molecule has 0 heterocycles. The van der Waals surface area contributed by atoms with E-state index in [1.807, 2.05) is 0 Å². The van der Waals surface area contributed by atoms with Gasteiger partial charge >= 0.3 is 0 Å². The fraction of sp³-hybridized carbons (Fsp3) is 0.360. The Bertz CT molecular complexity index is 915. The number of allylic oxidation sites excluding steroid dienone is 4. The number of phenols is 1. The minimum atomic E-state index is -0.795. The van der Waals surface area contributed by atoms with Gasteiger partial charge in [0, 0.05) is 16.0 Å². The summed E-state index contributed by atoms with van der Waals surface area (Å²) in [6, 6.07) is 15.0. The minimum Gasteiger partial charge on any atom is -0.507 e. The number of aromatic hydroxyl groups is 1. The van der Waals surface area contributed by atoms with E-state index in [9.17, 15) is 5.11 Å². The molecule has 0 amide bonds. The van der Waals surface area contributed by atoms with Crippen molar-refractivity contribution in [1.82, 2.24) is 0 Å². The Morgan fingerprint density at radius 3 is 2.11 bits per heavy atom. The van der Waals surface area contributed by atoms with Gasteiger partial charge in [-0.25, -0.2) is 0 Å². The van der Waals surface area contributed by atoms with E-state index in [4.69, 9.17) is 0 Å². The summed E-state index contributed by atoms with van der Waals surface area (Å²) >= 11 is 0. The Hall–Kier alpha value is -1.85. The molecule has 0 saturated carbocycles. The summed E-state index contributed by atoms with van der Waals surface area (Å²) in [5.74, 6) is 0.468. The van der Waals surface area contributed by atoms with Crippen LogP contribution in [-0.4, -0.2) is 10.3 Å². The van der Waals surface area contributed by atoms with E-state index in [1.54, 1.807) is 0 Å². The maximum atomic E-state index is 11.4.